The topological polar surface area (TPSA) is 116 Å². The summed E-state index contributed by atoms with van der Waals surface area (Å²) in [5, 5.41) is 0.827. The zero-order chi connectivity index (χ0) is 32.9. The molecule has 0 saturated heterocycles. The molecule has 3 aromatic rings. The van der Waals surface area contributed by atoms with Crippen LogP contribution in [0, 0.1) is 12.8 Å². The highest BCUT2D eigenvalue weighted by molar-refractivity contribution is 9.10. The fraction of sp³-hybridized carbons (Fsp3) is 0.588. The van der Waals surface area contributed by atoms with E-state index in [1.54, 1.807) is 4.90 Å². The number of aromatic nitrogens is 3. The normalized spacial score (nSPS) is 17.0. The Bertz CT molecular complexity index is 1460. The SMILES string of the molecule is Cc1ccc(CCN(CCCN(C[C@@H]2CC[C@H](n3cc(Br)c4c(N)ncnc43)C2)C(=O)OC(C)(C)C)C(=O)OC(C)(C)C)cc1. The molecule has 0 aliphatic heterocycles. The first-order valence-corrected chi connectivity index (χ1v) is 16.7. The molecular formula is C34H49BrN6O4. The van der Waals surface area contributed by atoms with Gasteiger partial charge in [0.25, 0.3) is 0 Å². The molecule has 0 radical (unpaired) electrons. The third-order valence-corrected chi connectivity index (χ3v) is 8.53. The van der Waals surface area contributed by atoms with Crippen LogP contribution < -0.4 is 5.73 Å². The van der Waals surface area contributed by atoms with Crippen molar-refractivity contribution >= 4 is 45.0 Å². The largest absolute Gasteiger partial charge is 0.444 e. The smallest absolute Gasteiger partial charge is 0.410 e. The van der Waals surface area contributed by atoms with Gasteiger partial charge in [0.1, 0.15) is 29.0 Å². The predicted molar refractivity (Wildman–Crippen MR) is 181 cm³/mol. The number of nitrogens with two attached hydrogens (primary N) is 1. The first kappa shape index (κ1) is 34.5. The van der Waals surface area contributed by atoms with Crippen molar-refractivity contribution in [1.29, 1.82) is 0 Å². The number of halogens is 1. The number of benzene rings is 1. The Morgan fingerprint density at radius 2 is 1.58 bits per heavy atom. The van der Waals surface area contributed by atoms with E-state index in [4.69, 9.17) is 15.2 Å². The highest BCUT2D eigenvalue weighted by Crippen LogP contribution is 2.39. The maximum Gasteiger partial charge on any atom is 0.410 e. The van der Waals surface area contributed by atoms with Crippen LogP contribution in [-0.2, 0) is 15.9 Å². The molecule has 246 valence electrons. The molecule has 1 aliphatic rings. The van der Waals surface area contributed by atoms with Gasteiger partial charge in [0.05, 0.1) is 5.39 Å². The van der Waals surface area contributed by atoms with E-state index in [2.05, 4.69) is 61.7 Å². The van der Waals surface area contributed by atoms with Crippen LogP contribution in [0.1, 0.15) is 84.4 Å². The Kier molecular flexibility index (Phi) is 11.0. The number of fused-ring (bicyclic) bond motifs is 1. The summed E-state index contributed by atoms with van der Waals surface area (Å²) in [6.07, 6.45) is 7.04. The number of aryl methyl sites for hydroxylation is 1. The lowest BCUT2D eigenvalue weighted by Gasteiger charge is -2.31. The summed E-state index contributed by atoms with van der Waals surface area (Å²) in [5.41, 5.74) is 8.10. The second kappa shape index (κ2) is 14.4. The van der Waals surface area contributed by atoms with Gasteiger partial charge >= 0.3 is 12.2 Å². The average molecular weight is 686 g/mol. The molecule has 1 fully saturated rings. The zero-order valence-electron chi connectivity index (χ0n) is 27.8. The lowest BCUT2D eigenvalue weighted by Crippen LogP contribution is -2.42. The van der Waals surface area contributed by atoms with E-state index in [0.717, 1.165) is 46.8 Å². The molecule has 1 saturated carbocycles. The van der Waals surface area contributed by atoms with Crippen LogP contribution in [0.5, 0.6) is 0 Å². The Morgan fingerprint density at radius 1 is 0.956 bits per heavy atom. The van der Waals surface area contributed by atoms with Crippen molar-refractivity contribution in [2.75, 3.05) is 31.9 Å². The van der Waals surface area contributed by atoms with E-state index in [1.807, 2.05) is 52.6 Å². The van der Waals surface area contributed by atoms with Gasteiger partial charge in [-0.25, -0.2) is 19.6 Å². The van der Waals surface area contributed by atoms with Crippen molar-refractivity contribution < 1.29 is 19.1 Å². The number of nitrogen functional groups attached to an aromatic ring is 1. The van der Waals surface area contributed by atoms with Crippen LogP contribution in [0.25, 0.3) is 11.0 Å². The van der Waals surface area contributed by atoms with E-state index in [9.17, 15) is 9.59 Å². The summed E-state index contributed by atoms with van der Waals surface area (Å²) < 4.78 is 14.6. The monoisotopic (exact) mass is 684 g/mol. The summed E-state index contributed by atoms with van der Waals surface area (Å²) in [6, 6.07) is 8.60. The molecule has 10 nitrogen and oxygen atoms in total. The Morgan fingerprint density at radius 3 is 2.22 bits per heavy atom. The second-order valence-corrected chi connectivity index (χ2v) is 15.0. The number of carbonyl (C=O) groups is 2. The van der Waals surface area contributed by atoms with Crippen LogP contribution in [0.15, 0.2) is 41.3 Å². The number of hydrogen-bond donors (Lipinski definition) is 1. The van der Waals surface area contributed by atoms with E-state index in [0.29, 0.717) is 44.3 Å². The lowest BCUT2D eigenvalue weighted by atomic mass is 10.1. The Balaban J connectivity index is 1.42. The van der Waals surface area contributed by atoms with Crippen molar-refractivity contribution in [2.24, 2.45) is 5.92 Å². The Hall–Kier alpha value is -3.34. The van der Waals surface area contributed by atoms with E-state index in [1.165, 1.54) is 11.9 Å². The van der Waals surface area contributed by atoms with Gasteiger partial charge in [-0.3, -0.25) is 0 Å². The van der Waals surface area contributed by atoms with Crippen LogP contribution in [-0.4, -0.2) is 73.9 Å². The lowest BCUT2D eigenvalue weighted by molar-refractivity contribution is 0.0186. The molecule has 2 atom stereocenters. The van der Waals surface area contributed by atoms with Crippen molar-refractivity contribution in [2.45, 2.75) is 97.8 Å². The van der Waals surface area contributed by atoms with Crippen molar-refractivity contribution in [3.05, 3.63) is 52.4 Å². The average Bonchev–Trinajstić information content (AvgIpc) is 3.53. The third kappa shape index (κ3) is 9.82. The molecule has 2 amide bonds. The molecule has 11 heteroatoms. The zero-order valence-corrected chi connectivity index (χ0v) is 29.4. The van der Waals surface area contributed by atoms with E-state index in [-0.39, 0.29) is 18.2 Å². The van der Waals surface area contributed by atoms with Gasteiger partial charge in [0, 0.05) is 42.9 Å². The Labute approximate surface area is 275 Å². The minimum atomic E-state index is -0.611. The molecule has 45 heavy (non-hydrogen) atoms. The maximum atomic E-state index is 13.4. The quantitative estimate of drug-likeness (QED) is 0.235. The van der Waals surface area contributed by atoms with Gasteiger partial charge in [-0.2, -0.15) is 0 Å². The van der Waals surface area contributed by atoms with Gasteiger partial charge in [-0.15, -0.1) is 0 Å². The standard InChI is InChI=1S/C34H49BrN6O4/c1-23-9-11-24(12-10-23)15-18-39(31(42)44-33(2,3)4)16-8-17-40(32(43)45-34(5,6)7)20-25-13-14-26(19-25)41-21-27(35)28-29(36)37-22-38-30(28)41/h9-12,21-22,25-26H,8,13-20H2,1-7H3,(H2,36,37,38)/t25-,26+/m1/s1. The molecule has 4 rings (SSSR count). The van der Waals surface area contributed by atoms with Crippen LogP contribution in [0.4, 0.5) is 15.4 Å². The highest BCUT2D eigenvalue weighted by atomic mass is 79.9. The van der Waals surface area contributed by atoms with Gasteiger partial charge in [-0.1, -0.05) is 29.8 Å². The number of anilines is 1. The summed E-state index contributed by atoms with van der Waals surface area (Å²) in [5.74, 6) is 0.747. The predicted octanol–water partition coefficient (Wildman–Crippen LogP) is 7.53. The fourth-order valence-corrected chi connectivity index (χ4v) is 6.40. The van der Waals surface area contributed by atoms with E-state index >= 15 is 0 Å². The molecule has 1 aliphatic carbocycles. The number of nitrogens with zero attached hydrogens (tertiary/aromatic N) is 5. The van der Waals surface area contributed by atoms with Crippen molar-refractivity contribution in [3.63, 3.8) is 0 Å². The molecule has 0 bridgehead atoms. The minimum absolute atomic E-state index is 0.239. The third-order valence-electron chi connectivity index (χ3n) is 7.93. The van der Waals surface area contributed by atoms with Crippen molar-refractivity contribution in [3.8, 4) is 0 Å². The molecule has 0 unspecified atom stereocenters. The summed E-state index contributed by atoms with van der Waals surface area (Å²) >= 11 is 3.62. The van der Waals surface area contributed by atoms with Gasteiger partial charge in [0.15, 0.2) is 0 Å². The number of amides is 2. The van der Waals surface area contributed by atoms with Crippen LogP contribution in [0.2, 0.25) is 0 Å². The van der Waals surface area contributed by atoms with Gasteiger partial charge in [-0.05, 0) is 108 Å². The first-order valence-electron chi connectivity index (χ1n) is 15.9. The maximum absolute atomic E-state index is 13.4. The summed E-state index contributed by atoms with van der Waals surface area (Å²) in [6.45, 7) is 15.4. The minimum Gasteiger partial charge on any atom is -0.444 e. The molecule has 1 aromatic carbocycles. The van der Waals surface area contributed by atoms with Gasteiger partial charge in [0.2, 0.25) is 0 Å². The summed E-state index contributed by atoms with van der Waals surface area (Å²) in [4.78, 5) is 38.8. The van der Waals surface area contributed by atoms with Crippen LogP contribution in [0.3, 0.4) is 0 Å². The van der Waals surface area contributed by atoms with Crippen LogP contribution >= 0.6 is 15.9 Å². The van der Waals surface area contributed by atoms with E-state index < -0.39 is 11.2 Å². The second-order valence-electron chi connectivity index (χ2n) is 14.2. The number of rotatable bonds is 10. The number of hydrogen-bond acceptors (Lipinski definition) is 7. The fourth-order valence-electron chi connectivity index (χ4n) is 5.79. The molecular weight excluding hydrogens is 636 g/mol. The van der Waals surface area contributed by atoms with Gasteiger partial charge < -0.3 is 29.6 Å². The number of ether oxygens (including phenoxy) is 2. The van der Waals surface area contributed by atoms with Crippen molar-refractivity contribution in [1.82, 2.24) is 24.3 Å². The molecule has 2 N–H and O–H groups in total. The highest BCUT2D eigenvalue weighted by Gasteiger charge is 2.32. The first-order chi connectivity index (χ1) is 21.1. The molecule has 0 spiro atoms. The molecule has 2 heterocycles. The number of carbonyl (C=O) groups excluding carboxylic acids is 2. The molecule has 2 aromatic heterocycles. The summed E-state index contributed by atoms with van der Waals surface area (Å²) in [7, 11) is 0.